The number of fused-ring (bicyclic) bond motifs is 5. The molecule has 132 valence electrons. The quantitative estimate of drug-likeness (QED) is 0.504. The summed E-state index contributed by atoms with van der Waals surface area (Å²) >= 11 is 0. The molecule has 0 amide bonds. The molecule has 7 unspecified atom stereocenters. The summed E-state index contributed by atoms with van der Waals surface area (Å²) in [7, 11) is 0. The van der Waals surface area contributed by atoms with E-state index in [0.717, 1.165) is 23.7 Å². The predicted molar refractivity (Wildman–Crippen MR) is 99.4 cm³/mol. The highest BCUT2D eigenvalue weighted by Crippen LogP contribution is 2.72. The van der Waals surface area contributed by atoms with E-state index in [0.29, 0.717) is 16.2 Å². The lowest BCUT2D eigenvalue weighted by atomic mass is 9.39. The molecule has 23 heavy (non-hydrogen) atoms. The van der Waals surface area contributed by atoms with Crippen molar-refractivity contribution >= 4 is 0 Å². The van der Waals surface area contributed by atoms with Crippen molar-refractivity contribution in [1.29, 1.82) is 0 Å². The average molecular weight is 317 g/mol. The van der Waals surface area contributed by atoms with E-state index >= 15 is 0 Å². The van der Waals surface area contributed by atoms with Gasteiger partial charge in [0.25, 0.3) is 0 Å². The molecule has 0 aromatic rings. The predicted octanol–water partition coefficient (Wildman–Crippen LogP) is 7.23. The Kier molecular flexibility index (Phi) is 3.94. The van der Waals surface area contributed by atoms with E-state index in [1.807, 2.05) is 0 Å². The molecule has 4 rings (SSSR count). The zero-order valence-corrected chi connectivity index (χ0v) is 16.3. The van der Waals surface area contributed by atoms with Crippen LogP contribution in [0.25, 0.3) is 0 Å². The monoisotopic (exact) mass is 316 g/mol. The maximum atomic E-state index is 2.75. The van der Waals surface area contributed by atoms with Gasteiger partial charge in [-0.25, -0.2) is 0 Å². The molecule has 0 aromatic carbocycles. The Bertz CT molecular complexity index is 453. The third-order valence-electron chi connectivity index (χ3n) is 10.0. The van der Waals surface area contributed by atoms with Crippen molar-refractivity contribution in [2.45, 2.75) is 105 Å². The SMILES string of the molecule is CCCC1CCC2C1(C)CCC1C3(C)CCCCC3CCC12C. The van der Waals surface area contributed by atoms with Crippen LogP contribution < -0.4 is 0 Å². The van der Waals surface area contributed by atoms with Crippen LogP contribution in [0, 0.1) is 39.9 Å². The summed E-state index contributed by atoms with van der Waals surface area (Å²) in [6.07, 6.45) is 18.3. The first kappa shape index (κ1) is 16.5. The second kappa shape index (κ2) is 5.50. The Balaban J connectivity index is 1.66. The first-order chi connectivity index (χ1) is 10.9. The third-order valence-corrected chi connectivity index (χ3v) is 10.0. The normalized spacial score (nSPS) is 55.8. The fraction of sp³-hybridized carbons (Fsp3) is 1.00. The fourth-order valence-corrected chi connectivity index (χ4v) is 8.90. The molecule has 0 heteroatoms. The zero-order chi connectivity index (χ0) is 16.3. The maximum absolute atomic E-state index is 2.75. The van der Waals surface area contributed by atoms with Gasteiger partial charge in [-0.1, -0.05) is 53.4 Å². The molecule has 4 saturated carbocycles. The number of hydrogen-bond acceptors (Lipinski definition) is 0. The summed E-state index contributed by atoms with van der Waals surface area (Å²) in [5, 5.41) is 0. The van der Waals surface area contributed by atoms with Crippen LogP contribution in [-0.2, 0) is 0 Å². The van der Waals surface area contributed by atoms with Gasteiger partial charge >= 0.3 is 0 Å². The highest BCUT2D eigenvalue weighted by atomic mass is 14.7. The summed E-state index contributed by atoms with van der Waals surface area (Å²) in [6, 6.07) is 0. The summed E-state index contributed by atoms with van der Waals surface area (Å²) in [5.41, 5.74) is 2.03. The fourth-order valence-electron chi connectivity index (χ4n) is 8.90. The second-order valence-corrected chi connectivity index (χ2v) is 10.7. The van der Waals surface area contributed by atoms with Crippen molar-refractivity contribution in [3.05, 3.63) is 0 Å². The molecule has 0 radical (unpaired) electrons. The lowest BCUT2D eigenvalue weighted by Crippen LogP contribution is -2.58. The van der Waals surface area contributed by atoms with Crippen LogP contribution in [0.5, 0.6) is 0 Å². The van der Waals surface area contributed by atoms with E-state index < -0.39 is 0 Å². The Morgan fingerprint density at radius 1 is 0.696 bits per heavy atom. The van der Waals surface area contributed by atoms with Gasteiger partial charge < -0.3 is 0 Å². The van der Waals surface area contributed by atoms with Gasteiger partial charge in [-0.05, 0) is 91.3 Å². The van der Waals surface area contributed by atoms with Gasteiger partial charge in [0.1, 0.15) is 0 Å². The lowest BCUT2D eigenvalue weighted by molar-refractivity contribution is -0.164. The second-order valence-electron chi connectivity index (χ2n) is 10.7. The molecular formula is C23H40. The highest BCUT2D eigenvalue weighted by Gasteiger charge is 2.64. The van der Waals surface area contributed by atoms with Crippen molar-refractivity contribution in [2.75, 3.05) is 0 Å². The van der Waals surface area contributed by atoms with Gasteiger partial charge in [0.2, 0.25) is 0 Å². The Morgan fingerprint density at radius 3 is 2.22 bits per heavy atom. The van der Waals surface area contributed by atoms with Crippen LogP contribution in [0.1, 0.15) is 105 Å². The van der Waals surface area contributed by atoms with Crippen LogP contribution >= 0.6 is 0 Å². The Morgan fingerprint density at radius 2 is 1.43 bits per heavy atom. The molecule has 0 saturated heterocycles. The Labute approximate surface area is 145 Å². The van der Waals surface area contributed by atoms with Crippen molar-refractivity contribution in [3.8, 4) is 0 Å². The van der Waals surface area contributed by atoms with Gasteiger partial charge in [-0.2, -0.15) is 0 Å². The topological polar surface area (TPSA) is 0 Å². The average Bonchev–Trinajstić information content (AvgIpc) is 2.85. The van der Waals surface area contributed by atoms with Crippen molar-refractivity contribution in [3.63, 3.8) is 0 Å². The summed E-state index contributed by atoms with van der Waals surface area (Å²) in [6.45, 7) is 10.6. The minimum Gasteiger partial charge on any atom is -0.0654 e. The van der Waals surface area contributed by atoms with Gasteiger partial charge in [0.15, 0.2) is 0 Å². The first-order valence-corrected chi connectivity index (χ1v) is 10.9. The molecule has 0 nitrogen and oxygen atoms in total. The minimum absolute atomic E-state index is 0.665. The summed E-state index contributed by atoms with van der Waals surface area (Å²) in [4.78, 5) is 0. The molecule has 4 aliphatic rings. The molecule has 0 bridgehead atoms. The molecule has 0 spiro atoms. The molecule has 7 atom stereocenters. The van der Waals surface area contributed by atoms with E-state index in [2.05, 4.69) is 27.7 Å². The number of rotatable bonds is 2. The van der Waals surface area contributed by atoms with Gasteiger partial charge in [-0.3, -0.25) is 0 Å². The summed E-state index contributed by atoms with van der Waals surface area (Å²) in [5.74, 6) is 4.16. The molecule has 4 fully saturated rings. The van der Waals surface area contributed by atoms with E-state index in [1.165, 1.54) is 32.1 Å². The standard InChI is InChI=1S/C23H40/c1-5-8-17-10-11-19-22(17,3)16-13-20-21(2)14-7-6-9-18(21)12-15-23(19,20)4/h17-20H,5-16H2,1-4H3. The zero-order valence-electron chi connectivity index (χ0n) is 16.3. The molecule has 0 aromatic heterocycles. The van der Waals surface area contributed by atoms with Crippen LogP contribution in [0.15, 0.2) is 0 Å². The highest BCUT2D eigenvalue weighted by molar-refractivity contribution is 5.13. The smallest absolute Gasteiger partial charge is 0.0259 e. The van der Waals surface area contributed by atoms with Crippen LogP contribution in [0.4, 0.5) is 0 Å². The third kappa shape index (κ3) is 2.15. The van der Waals surface area contributed by atoms with Crippen molar-refractivity contribution in [2.24, 2.45) is 39.9 Å². The van der Waals surface area contributed by atoms with Crippen LogP contribution in [0.3, 0.4) is 0 Å². The van der Waals surface area contributed by atoms with E-state index in [9.17, 15) is 0 Å². The number of hydrogen-bond donors (Lipinski definition) is 0. The maximum Gasteiger partial charge on any atom is -0.0259 e. The van der Waals surface area contributed by atoms with Gasteiger partial charge in [0.05, 0.1) is 0 Å². The summed E-state index contributed by atoms with van der Waals surface area (Å²) < 4.78 is 0. The van der Waals surface area contributed by atoms with Crippen molar-refractivity contribution in [1.82, 2.24) is 0 Å². The first-order valence-electron chi connectivity index (χ1n) is 10.9. The molecule has 0 aliphatic heterocycles. The molecular weight excluding hydrogens is 276 g/mol. The minimum atomic E-state index is 0.665. The molecule has 0 heterocycles. The largest absolute Gasteiger partial charge is 0.0654 e. The van der Waals surface area contributed by atoms with Gasteiger partial charge in [0, 0.05) is 0 Å². The van der Waals surface area contributed by atoms with E-state index in [4.69, 9.17) is 0 Å². The van der Waals surface area contributed by atoms with E-state index in [1.54, 1.807) is 44.9 Å². The molecule has 4 aliphatic carbocycles. The van der Waals surface area contributed by atoms with Gasteiger partial charge in [-0.15, -0.1) is 0 Å². The lowest BCUT2D eigenvalue weighted by Gasteiger charge is -2.65. The molecule has 0 N–H and O–H groups in total. The van der Waals surface area contributed by atoms with Crippen LogP contribution in [-0.4, -0.2) is 0 Å². The van der Waals surface area contributed by atoms with E-state index in [-0.39, 0.29) is 0 Å². The Hall–Kier alpha value is 0. The van der Waals surface area contributed by atoms with Crippen molar-refractivity contribution < 1.29 is 0 Å². The van der Waals surface area contributed by atoms with Crippen LogP contribution in [0.2, 0.25) is 0 Å².